The van der Waals surface area contributed by atoms with E-state index in [0.717, 1.165) is 0 Å². The molecular weight excluding hydrogens is 491 g/mol. The summed E-state index contributed by atoms with van der Waals surface area (Å²) in [4.78, 5) is 0. The summed E-state index contributed by atoms with van der Waals surface area (Å²) in [7, 11) is 0. The van der Waals surface area contributed by atoms with Gasteiger partial charge in [-0.25, -0.2) is 0 Å². The van der Waals surface area contributed by atoms with E-state index in [1.165, 1.54) is 77.0 Å². The van der Waals surface area contributed by atoms with E-state index in [4.69, 9.17) is 0 Å². The van der Waals surface area contributed by atoms with Crippen LogP contribution in [0.2, 0.25) is 8.35 Å². The molecule has 2 rings (SSSR count). The molecule has 150 valence electrons. The molecule has 0 fully saturated rings. The van der Waals surface area contributed by atoms with Crippen molar-refractivity contribution >= 4 is 0 Å². The molecule has 0 aromatic carbocycles. The summed E-state index contributed by atoms with van der Waals surface area (Å²) >= 11 is -2.62. The zero-order valence-corrected chi connectivity index (χ0v) is 21.7. The standard InChI is InChI=1S/C13H19.C5H5.2C4H9.Hf/c1-2-3-4-5-6-7-10-13-11-8-9-12-13;1-2-4-5-3-1;2*1-3-4-2;/h2,8,11H,1,3-7,9-10H2;1-3H,4H2;2*1,3-4H2,2H3;. The Labute approximate surface area is 173 Å². The van der Waals surface area contributed by atoms with Crippen LogP contribution in [0, 0.1) is 0 Å². The fourth-order valence-electron chi connectivity index (χ4n) is 4.95. The van der Waals surface area contributed by atoms with Crippen molar-refractivity contribution in [3.63, 3.8) is 0 Å². The second-order valence-corrected chi connectivity index (χ2v) is 24.3. The van der Waals surface area contributed by atoms with E-state index in [9.17, 15) is 0 Å². The van der Waals surface area contributed by atoms with Gasteiger partial charge >= 0.3 is 174 Å². The zero-order valence-electron chi connectivity index (χ0n) is 18.1. The summed E-state index contributed by atoms with van der Waals surface area (Å²) < 4.78 is 7.06. The predicted octanol–water partition coefficient (Wildman–Crippen LogP) is 9.16. The minimum atomic E-state index is -2.62. The Hall–Kier alpha value is -0.430. The van der Waals surface area contributed by atoms with Crippen LogP contribution < -0.4 is 0 Å². The molecule has 0 aromatic rings. The molecule has 27 heavy (non-hydrogen) atoms. The van der Waals surface area contributed by atoms with E-state index in [1.54, 1.807) is 13.9 Å². The third-order valence-corrected chi connectivity index (χ3v) is 27.0. The Morgan fingerprint density at radius 2 is 1.67 bits per heavy atom. The number of hydrogen-bond acceptors (Lipinski definition) is 0. The molecule has 2 aliphatic rings. The molecule has 0 bridgehead atoms. The first kappa shape index (κ1) is 22.9. The van der Waals surface area contributed by atoms with Crippen molar-refractivity contribution < 1.29 is 20.0 Å². The summed E-state index contributed by atoms with van der Waals surface area (Å²) in [5.74, 6) is 0. The molecule has 0 saturated heterocycles. The Balaban J connectivity index is 2.16. The van der Waals surface area contributed by atoms with E-state index in [-0.39, 0.29) is 0 Å². The van der Waals surface area contributed by atoms with Crippen molar-refractivity contribution in [2.75, 3.05) is 0 Å². The summed E-state index contributed by atoms with van der Waals surface area (Å²) in [5.41, 5.74) is 1.78. The summed E-state index contributed by atoms with van der Waals surface area (Å²) in [6.45, 7) is 8.61. The van der Waals surface area contributed by atoms with Crippen LogP contribution in [0.25, 0.3) is 0 Å². The van der Waals surface area contributed by atoms with Gasteiger partial charge in [0.15, 0.2) is 0 Å². The van der Waals surface area contributed by atoms with Crippen LogP contribution in [0.1, 0.15) is 90.9 Å². The van der Waals surface area contributed by atoms with Gasteiger partial charge in [0.05, 0.1) is 0 Å². The quantitative estimate of drug-likeness (QED) is 0.112. The van der Waals surface area contributed by atoms with E-state index in [0.29, 0.717) is 0 Å². The fourth-order valence-corrected chi connectivity index (χ4v) is 26.7. The third-order valence-electron chi connectivity index (χ3n) is 6.51. The summed E-state index contributed by atoms with van der Waals surface area (Å²) in [6, 6.07) is 0. The van der Waals surface area contributed by atoms with E-state index in [1.807, 2.05) is 6.66 Å². The molecule has 0 amide bonds. The summed E-state index contributed by atoms with van der Waals surface area (Å²) in [6.07, 6.45) is 30.5. The first-order valence-electron chi connectivity index (χ1n) is 11.6. The van der Waals surface area contributed by atoms with Crippen molar-refractivity contribution in [1.29, 1.82) is 0 Å². The van der Waals surface area contributed by atoms with Crippen molar-refractivity contribution in [2.45, 2.75) is 99.3 Å². The molecule has 0 spiro atoms. The van der Waals surface area contributed by atoms with Crippen molar-refractivity contribution in [3.05, 3.63) is 55.3 Å². The van der Waals surface area contributed by atoms with Gasteiger partial charge in [0, 0.05) is 0 Å². The number of allylic oxidation sites excluding steroid dienone is 9. The third kappa shape index (κ3) is 6.55. The topological polar surface area (TPSA) is 0 Å². The second kappa shape index (κ2) is 12.9. The van der Waals surface area contributed by atoms with E-state index >= 15 is 0 Å². The van der Waals surface area contributed by atoms with Gasteiger partial charge in [0.1, 0.15) is 0 Å². The Morgan fingerprint density at radius 3 is 2.30 bits per heavy atom. The van der Waals surface area contributed by atoms with Gasteiger partial charge in [0.2, 0.25) is 0 Å². The monoisotopic (exact) mass is 534 g/mol. The molecule has 0 aromatic heterocycles. The molecule has 0 unspecified atom stereocenters. The molecular formula is C26H42Hf. The molecule has 0 heterocycles. The van der Waals surface area contributed by atoms with Crippen LogP contribution in [0.3, 0.4) is 0 Å². The van der Waals surface area contributed by atoms with Gasteiger partial charge in [-0.2, -0.15) is 0 Å². The van der Waals surface area contributed by atoms with Crippen molar-refractivity contribution in [3.8, 4) is 0 Å². The average molecular weight is 533 g/mol. The Morgan fingerprint density at radius 1 is 0.926 bits per heavy atom. The second-order valence-electron chi connectivity index (χ2n) is 8.47. The number of hydrogen-bond donors (Lipinski definition) is 0. The van der Waals surface area contributed by atoms with Crippen LogP contribution in [0.4, 0.5) is 0 Å². The molecule has 0 atom stereocenters. The first-order valence-corrected chi connectivity index (χ1v) is 20.3. The maximum absolute atomic E-state index is 3.85. The normalized spacial score (nSPS) is 16.4. The molecule has 0 nitrogen and oxygen atoms in total. The van der Waals surface area contributed by atoms with Crippen LogP contribution in [-0.2, 0) is 20.0 Å². The van der Waals surface area contributed by atoms with Crippen molar-refractivity contribution in [2.24, 2.45) is 0 Å². The number of rotatable bonds is 15. The predicted molar refractivity (Wildman–Crippen MR) is 120 cm³/mol. The molecule has 0 radical (unpaired) electrons. The SMILES string of the molecule is C=CCCCCCCC1=[C]([Hf]([CH2]CCC)([CH2]CCC)[C]2=CC=CC2)CC=C1. The Bertz CT molecular complexity index is 565. The van der Waals surface area contributed by atoms with Crippen LogP contribution in [-0.4, -0.2) is 0 Å². The minimum absolute atomic E-state index is 1.18. The zero-order chi connectivity index (χ0) is 19.4. The first-order chi connectivity index (χ1) is 13.3. The van der Waals surface area contributed by atoms with Gasteiger partial charge in [-0.3, -0.25) is 0 Å². The van der Waals surface area contributed by atoms with Gasteiger partial charge in [-0.15, -0.1) is 0 Å². The maximum atomic E-state index is 3.85. The number of unbranched alkanes of at least 4 members (excludes halogenated alkanes) is 6. The van der Waals surface area contributed by atoms with E-state index in [2.05, 4.69) is 56.9 Å². The molecule has 0 saturated carbocycles. The molecule has 0 N–H and O–H groups in total. The van der Waals surface area contributed by atoms with Gasteiger partial charge in [-0.1, -0.05) is 0 Å². The molecule has 1 heteroatoms. The van der Waals surface area contributed by atoms with Crippen molar-refractivity contribution in [1.82, 2.24) is 0 Å². The molecule has 2 aliphatic carbocycles. The fraction of sp³-hybridized carbons (Fsp3) is 0.615. The average Bonchev–Trinajstić information content (AvgIpc) is 3.38. The van der Waals surface area contributed by atoms with Gasteiger partial charge < -0.3 is 0 Å². The Kier molecular flexibility index (Phi) is 10.9. The summed E-state index contributed by atoms with van der Waals surface area (Å²) in [5, 5.41) is 0. The van der Waals surface area contributed by atoms with Gasteiger partial charge in [-0.05, 0) is 0 Å². The van der Waals surface area contributed by atoms with Crippen LogP contribution in [0.15, 0.2) is 55.3 Å². The van der Waals surface area contributed by atoms with Crippen LogP contribution in [0.5, 0.6) is 0 Å². The van der Waals surface area contributed by atoms with Gasteiger partial charge in [0.25, 0.3) is 0 Å². The van der Waals surface area contributed by atoms with Crippen LogP contribution >= 0.6 is 0 Å². The van der Waals surface area contributed by atoms with E-state index < -0.39 is 20.0 Å². The molecule has 0 aliphatic heterocycles.